The molecule has 0 fully saturated rings. The molecular weight excluding hydrogens is 270 g/mol. The van der Waals surface area contributed by atoms with Crippen LogP contribution >= 0.6 is 0 Å². The first-order valence-electron chi connectivity index (χ1n) is 6.80. The van der Waals surface area contributed by atoms with Crippen LogP contribution in [0.25, 0.3) is 0 Å². The van der Waals surface area contributed by atoms with E-state index in [4.69, 9.17) is 4.74 Å². The summed E-state index contributed by atoms with van der Waals surface area (Å²) in [6.45, 7) is 2.65. The molecule has 6 heteroatoms. The maximum Gasteiger partial charge on any atom is 0.409 e. The molecule has 1 N–H and O–H groups in total. The predicted molar refractivity (Wildman–Crippen MR) is 84.2 cm³/mol. The van der Waals surface area contributed by atoms with Crippen molar-refractivity contribution in [3.63, 3.8) is 0 Å². The molecule has 0 saturated carbocycles. The first-order valence-corrected chi connectivity index (χ1v) is 6.80. The quantitative estimate of drug-likeness (QED) is 0.872. The Morgan fingerprint density at radius 1 is 1.14 bits per heavy atom. The molecule has 1 aromatic carbocycles. The van der Waals surface area contributed by atoms with E-state index in [0.29, 0.717) is 13.1 Å². The number of ether oxygens (including phenoxy) is 1. The Balaban J connectivity index is 0.00000441. The van der Waals surface area contributed by atoms with Crippen LogP contribution in [0, 0.1) is 0 Å². The topological polar surface area (TPSA) is 61.9 Å². The molecule has 0 aliphatic rings. The van der Waals surface area contributed by atoms with Gasteiger partial charge in [0, 0.05) is 48.3 Å². The van der Waals surface area contributed by atoms with Gasteiger partial charge in [-0.25, -0.2) is 4.79 Å². The van der Waals surface area contributed by atoms with Crippen molar-refractivity contribution in [2.75, 3.05) is 39.5 Å². The number of amides is 2. The number of nitrogens with zero attached hydrogens (tertiary/aromatic N) is 2. The Morgan fingerprint density at radius 3 is 2.24 bits per heavy atom. The molecule has 0 unspecified atom stereocenters. The fourth-order valence-electron chi connectivity index (χ4n) is 1.57. The van der Waals surface area contributed by atoms with E-state index in [9.17, 15) is 9.59 Å². The van der Waals surface area contributed by atoms with Gasteiger partial charge in [0.2, 0.25) is 5.91 Å². The highest BCUT2D eigenvalue weighted by Gasteiger charge is 2.11. The van der Waals surface area contributed by atoms with Crippen LogP contribution in [-0.2, 0) is 16.1 Å². The third-order valence-corrected chi connectivity index (χ3v) is 3.22. The minimum Gasteiger partial charge on any atom is -0.445 e. The summed E-state index contributed by atoms with van der Waals surface area (Å²) in [5.41, 5.74) is 1.94. The second kappa shape index (κ2) is 8.14. The van der Waals surface area contributed by atoms with Gasteiger partial charge in [0.05, 0.1) is 0 Å². The summed E-state index contributed by atoms with van der Waals surface area (Å²) in [7, 11) is 5.20. The Labute approximate surface area is 127 Å². The highest BCUT2D eigenvalue weighted by Crippen LogP contribution is 2.09. The molecule has 118 valence electrons. The number of rotatable bonds is 6. The van der Waals surface area contributed by atoms with Gasteiger partial charge in [0.25, 0.3) is 0 Å². The van der Waals surface area contributed by atoms with Crippen molar-refractivity contribution < 1.29 is 15.8 Å². The average molecular weight is 295 g/mol. The summed E-state index contributed by atoms with van der Waals surface area (Å²) in [5.74, 6) is -0.0265. The zero-order valence-electron chi connectivity index (χ0n) is 13.0. The Hall–Kier alpha value is -2.24. The second-order valence-electron chi connectivity index (χ2n) is 4.86. The lowest BCUT2D eigenvalue weighted by Crippen LogP contribution is -2.36. The molecule has 2 amide bonds. The average Bonchev–Trinajstić information content (AvgIpc) is 2.50. The van der Waals surface area contributed by atoms with E-state index in [-0.39, 0.29) is 13.9 Å². The number of hydrogen-bond acceptors (Lipinski definition) is 4. The minimum absolute atomic E-state index is 0. The van der Waals surface area contributed by atoms with E-state index >= 15 is 0 Å². The van der Waals surface area contributed by atoms with Crippen LogP contribution in [-0.4, -0.2) is 56.0 Å². The molecule has 0 aliphatic heterocycles. The summed E-state index contributed by atoms with van der Waals surface area (Å²) in [6.07, 6.45) is -0.398. The van der Waals surface area contributed by atoms with Crippen LogP contribution in [0.2, 0.25) is 0 Å². The van der Waals surface area contributed by atoms with Crippen molar-refractivity contribution in [3.8, 4) is 0 Å². The number of carbonyl (C=O) groups excluding carboxylic acids is 2. The van der Waals surface area contributed by atoms with Crippen LogP contribution < -0.4 is 5.32 Å². The van der Waals surface area contributed by atoms with Gasteiger partial charge in [-0.3, -0.25) is 4.79 Å². The van der Waals surface area contributed by atoms with E-state index in [1.165, 1.54) is 11.8 Å². The van der Waals surface area contributed by atoms with E-state index in [2.05, 4.69) is 5.32 Å². The highest BCUT2D eigenvalue weighted by molar-refractivity contribution is 5.73. The van der Waals surface area contributed by atoms with Crippen molar-refractivity contribution >= 4 is 17.7 Å². The van der Waals surface area contributed by atoms with Gasteiger partial charge in [0.1, 0.15) is 6.61 Å². The fourth-order valence-corrected chi connectivity index (χ4v) is 1.57. The zero-order chi connectivity index (χ0) is 15.8. The molecule has 0 atom stereocenters. The van der Waals surface area contributed by atoms with Gasteiger partial charge < -0.3 is 19.9 Å². The van der Waals surface area contributed by atoms with Crippen molar-refractivity contribution in [2.45, 2.75) is 13.5 Å². The van der Waals surface area contributed by atoms with Crippen LogP contribution in [0.5, 0.6) is 0 Å². The summed E-state index contributed by atoms with van der Waals surface area (Å²) in [4.78, 5) is 25.9. The standard InChI is InChI=1S/C15H23N3O3.H2/c1-12(19)17(3)9-10-18(4)15(20)21-11-13-5-7-14(16-2)8-6-13;/h5-8,16H,9-11H2,1-4H3;1H. The van der Waals surface area contributed by atoms with Gasteiger partial charge >= 0.3 is 6.09 Å². The summed E-state index contributed by atoms with van der Waals surface area (Å²) < 4.78 is 5.22. The number of anilines is 1. The summed E-state index contributed by atoms with van der Waals surface area (Å²) in [6, 6.07) is 7.66. The van der Waals surface area contributed by atoms with Crippen molar-refractivity contribution in [1.29, 1.82) is 0 Å². The van der Waals surface area contributed by atoms with E-state index in [1.54, 1.807) is 19.0 Å². The Bertz CT molecular complexity index is 479. The largest absolute Gasteiger partial charge is 0.445 e. The lowest BCUT2D eigenvalue weighted by atomic mass is 10.2. The van der Waals surface area contributed by atoms with Gasteiger partial charge in [-0.15, -0.1) is 0 Å². The molecule has 0 spiro atoms. The molecule has 1 aromatic rings. The number of benzene rings is 1. The highest BCUT2D eigenvalue weighted by atomic mass is 16.6. The molecule has 0 radical (unpaired) electrons. The third kappa shape index (κ3) is 5.72. The van der Waals surface area contributed by atoms with Crippen LogP contribution in [0.4, 0.5) is 10.5 Å². The number of nitrogens with one attached hydrogen (secondary N) is 1. The normalized spacial score (nSPS) is 9.90. The smallest absolute Gasteiger partial charge is 0.409 e. The first kappa shape index (κ1) is 16.8. The molecule has 0 heterocycles. The number of hydrogen-bond donors (Lipinski definition) is 1. The monoisotopic (exact) mass is 295 g/mol. The lowest BCUT2D eigenvalue weighted by molar-refractivity contribution is -0.127. The maximum absolute atomic E-state index is 11.8. The van der Waals surface area contributed by atoms with Gasteiger partial charge in [-0.1, -0.05) is 12.1 Å². The SMILES string of the molecule is CNc1ccc(COC(=O)N(C)CCN(C)C(C)=O)cc1.[HH]. The third-order valence-electron chi connectivity index (χ3n) is 3.22. The van der Waals surface area contributed by atoms with E-state index < -0.39 is 6.09 Å². The molecule has 1 rings (SSSR count). The van der Waals surface area contributed by atoms with Crippen molar-refractivity contribution in [3.05, 3.63) is 29.8 Å². The Kier molecular flexibility index (Phi) is 6.52. The maximum atomic E-state index is 11.8. The summed E-state index contributed by atoms with van der Waals surface area (Å²) >= 11 is 0. The van der Waals surface area contributed by atoms with Crippen LogP contribution in [0.15, 0.2) is 24.3 Å². The molecule has 0 aromatic heterocycles. The van der Waals surface area contributed by atoms with Crippen LogP contribution in [0.3, 0.4) is 0 Å². The lowest BCUT2D eigenvalue weighted by Gasteiger charge is -2.21. The molecule has 6 nitrogen and oxygen atoms in total. The first-order chi connectivity index (χ1) is 9.93. The molecule has 0 saturated heterocycles. The minimum atomic E-state index is -0.398. The fraction of sp³-hybridized carbons (Fsp3) is 0.467. The summed E-state index contributed by atoms with van der Waals surface area (Å²) in [5, 5.41) is 3.03. The van der Waals surface area contributed by atoms with Gasteiger partial charge in [-0.05, 0) is 17.7 Å². The number of likely N-dealkylation sites (N-methyl/N-ethyl adjacent to an activating group) is 2. The van der Waals surface area contributed by atoms with E-state index in [0.717, 1.165) is 11.3 Å². The number of carbonyl (C=O) groups is 2. The molecular formula is C15H25N3O3. The van der Waals surface area contributed by atoms with Crippen molar-refractivity contribution in [2.24, 2.45) is 0 Å². The molecule has 0 bridgehead atoms. The molecule has 0 aliphatic carbocycles. The van der Waals surface area contributed by atoms with Gasteiger partial charge in [0.15, 0.2) is 0 Å². The van der Waals surface area contributed by atoms with Crippen LogP contribution in [0.1, 0.15) is 13.9 Å². The van der Waals surface area contributed by atoms with E-state index in [1.807, 2.05) is 31.3 Å². The van der Waals surface area contributed by atoms with Crippen molar-refractivity contribution in [1.82, 2.24) is 9.80 Å². The Morgan fingerprint density at radius 2 is 1.71 bits per heavy atom. The van der Waals surface area contributed by atoms with Gasteiger partial charge in [-0.2, -0.15) is 0 Å². The zero-order valence-corrected chi connectivity index (χ0v) is 13.0. The molecule has 21 heavy (non-hydrogen) atoms. The predicted octanol–water partition coefficient (Wildman–Crippen LogP) is 2.02. The second-order valence-corrected chi connectivity index (χ2v) is 4.86.